The maximum absolute atomic E-state index is 12.1. The number of aromatic nitrogens is 1. The predicted octanol–water partition coefficient (Wildman–Crippen LogP) is 7.43. The average molecular weight is 553 g/mol. The van der Waals surface area contributed by atoms with Crippen molar-refractivity contribution in [3.63, 3.8) is 0 Å². The predicted molar refractivity (Wildman–Crippen MR) is 147 cm³/mol. The second kappa shape index (κ2) is 11.1. The van der Waals surface area contributed by atoms with Gasteiger partial charge in [0, 0.05) is 5.56 Å². The Kier molecular flexibility index (Phi) is 7.58. The van der Waals surface area contributed by atoms with E-state index in [0.717, 1.165) is 11.1 Å². The molecule has 3 aromatic carbocycles. The lowest BCUT2D eigenvalue weighted by molar-refractivity contribution is 0.0178. The molecule has 5 rings (SSSR count). The van der Waals surface area contributed by atoms with E-state index in [-0.39, 0.29) is 30.2 Å². The van der Waals surface area contributed by atoms with E-state index < -0.39 is 5.97 Å². The zero-order valence-electron chi connectivity index (χ0n) is 21.1. The van der Waals surface area contributed by atoms with Crippen molar-refractivity contribution in [3.8, 4) is 16.9 Å². The molecule has 0 aliphatic carbocycles. The van der Waals surface area contributed by atoms with Crippen molar-refractivity contribution in [1.29, 1.82) is 0 Å². The lowest BCUT2D eigenvalue weighted by Gasteiger charge is -2.23. The van der Waals surface area contributed by atoms with Gasteiger partial charge < -0.3 is 18.8 Å². The first-order chi connectivity index (χ1) is 18.4. The van der Waals surface area contributed by atoms with Crippen LogP contribution in [-0.4, -0.2) is 36.2 Å². The topological polar surface area (TPSA) is 83.2 Å². The van der Waals surface area contributed by atoms with Crippen molar-refractivity contribution >= 4 is 45.9 Å². The first-order valence-corrected chi connectivity index (χ1v) is 13.1. The van der Waals surface area contributed by atoms with Crippen LogP contribution in [0.1, 0.15) is 36.8 Å². The summed E-state index contributed by atoms with van der Waals surface area (Å²) in [7, 11) is 0. The highest BCUT2D eigenvalue weighted by molar-refractivity contribution is 6.40. The van der Waals surface area contributed by atoms with Crippen LogP contribution in [0.25, 0.3) is 22.1 Å². The summed E-state index contributed by atoms with van der Waals surface area (Å²) in [5.74, 6) is 0.273. The SMILES string of the molecule is CCOC(=O)c1noc2cc(-c3ccc(OCC4C(c5c(Cl)cccc5Cl)=NOC4C(C)C)cc3)ccc12. The van der Waals surface area contributed by atoms with Crippen LogP contribution in [0, 0.1) is 11.8 Å². The Morgan fingerprint density at radius 2 is 1.74 bits per heavy atom. The molecule has 0 spiro atoms. The van der Waals surface area contributed by atoms with E-state index >= 15 is 0 Å². The molecule has 0 saturated carbocycles. The van der Waals surface area contributed by atoms with Crippen LogP contribution >= 0.6 is 23.2 Å². The van der Waals surface area contributed by atoms with Crippen LogP contribution in [0.15, 0.2) is 70.3 Å². The van der Waals surface area contributed by atoms with Crippen LogP contribution in [0.2, 0.25) is 10.0 Å². The number of fused-ring (bicyclic) bond motifs is 1. The standard InChI is InChI=1S/C29H26Cl2N2O5/c1-4-35-29(34)27-20-13-10-18(14-24(20)37-33-27)17-8-11-19(12-9-17)36-15-21-26(32-38-28(21)16(2)3)25-22(30)6-5-7-23(25)31/h5-14,16,21,28H,4,15H2,1-3H3. The molecule has 0 fully saturated rings. The van der Waals surface area contributed by atoms with Gasteiger partial charge in [-0.05, 0) is 60.4 Å². The van der Waals surface area contributed by atoms with E-state index in [0.29, 0.717) is 44.6 Å². The number of oxime groups is 1. The molecule has 2 unspecified atom stereocenters. The number of hydrogen-bond acceptors (Lipinski definition) is 7. The number of hydrogen-bond donors (Lipinski definition) is 0. The zero-order valence-corrected chi connectivity index (χ0v) is 22.6. The van der Waals surface area contributed by atoms with Gasteiger partial charge in [0.1, 0.15) is 24.2 Å². The first kappa shape index (κ1) is 26.1. The molecule has 0 amide bonds. The van der Waals surface area contributed by atoms with E-state index in [1.807, 2.05) is 42.5 Å². The number of ether oxygens (including phenoxy) is 2. The second-order valence-corrected chi connectivity index (χ2v) is 10.1. The smallest absolute Gasteiger partial charge is 0.361 e. The molecule has 196 valence electrons. The quantitative estimate of drug-likeness (QED) is 0.211. The van der Waals surface area contributed by atoms with Crippen molar-refractivity contribution in [3.05, 3.63) is 82.0 Å². The van der Waals surface area contributed by atoms with Crippen molar-refractivity contribution < 1.29 is 23.6 Å². The van der Waals surface area contributed by atoms with Gasteiger partial charge in [0.25, 0.3) is 0 Å². The lowest BCUT2D eigenvalue weighted by atomic mass is 9.87. The molecular weight excluding hydrogens is 527 g/mol. The summed E-state index contributed by atoms with van der Waals surface area (Å²) < 4.78 is 16.6. The zero-order chi connectivity index (χ0) is 26.8. The van der Waals surface area contributed by atoms with Crippen LogP contribution in [0.5, 0.6) is 5.75 Å². The Morgan fingerprint density at radius 1 is 1.03 bits per heavy atom. The van der Waals surface area contributed by atoms with Gasteiger partial charge >= 0.3 is 5.97 Å². The Balaban J connectivity index is 1.32. The van der Waals surface area contributed by atoms with Gasteiger partial charge in [0.15, 0.2) is 11.3 Å². The molecule has 0 radical (unpaired) electrons. The van der Waals surface area contributed by atoms with E-state index in [9.17, 15) is 4.79 Å². The van der Waals surface area contributed by atoms with Gasteiger partial charge in [-0.2, -0.15) is 0 Å². The molecule has 7 nitrogen and oxygen atoms in total. The number of halogens is 2. The Hall–Kier alpha value is -3.55. The maximum Gasteiger partial charge on any atom is 0.361 e. The van der Waals surface area contributed by atoms with Gasteiger partial charge in [-0.3, -0.25) is 0 Å². The summed E-state index contributed by atoms with van der Waals surface area (Å²) >= 11 is 12.9. The van der Waals surface area contributed by atoms with E-state index in [1.54, 1.807) is 25.1 Å². The highest BCUT2D eigenvalue weighted by atomic mass is 35.5. The molecule has 1 aliphatic rings. The Bertz CT molecular complexity index is 1480. The van der Waals surface area contributed by atoms with E-state index in [1.165, 1.54) is 0 Å². The van der Waals surface area contributed by atoms with Crippen LogP contribution in [0.3, 0.4) is 0 Å². The number of rotatable bonds is 8. The van der Waals surface area contributed by atoms with Gasteiger partial charge in [-0.15, -0.1) is 0 Å². The number of carbonyl (C=O) groups excluding carboxylic acids is 1. The van der Waals surface area contributed by atoms with Gasteiger partial charge in [-0.1, -0.05) is 71.6 Å². The number of benzene rings is 3. The first-order valence-electron chi connectivity index (χ1n) is 12.3. The highest BCUT2D eigenvalue weighted by Crippen LogP contribution is 2.35. The summed E-state index contributed by atoms with van der Waals surface area (Å²) in [6.07, 6.45) is -0.162. The Labute approximate surface area is 230 Å². The number of esters is 1. The minimum absolute atomic E-state index is 0.144. The Morgan fingerprint density at radius 3 is 2.42 bits per heavy atom. The van der Waals surface area contributed by atoms with Crippen LogP contribution in [-0.2, 0) is 9.57 Å². The molecular formula is C29H26Cl2N2O5. The fourth-order valence-corrected chi connectivity index (χ4v) is 5.13. The second-order valence-electron chi connectivity index (χ2n) is 9.29. The van der Waals surface area contributed by atoms with Crippen LogP contribution in [0.4, 0.5) is 0 Å². The lowest BCUT2D eigenvalue weighted by Crippen LogP contribution is -2.33. The molecule has 9 heteroatoms. The number of nitrogens with zero attached hydrogens (tertiary/aromatic N) is 2. The molecule has 4 aromatic rings. The molecule has 1 aliphatic heterocycles. The summed E-state index contributed by atoms with van der Waals surface area (Å²) in [4.78, 5) is 17.9. The molecule has 2 heterocycles. The summed E-state index contributed by atoms with van der Waals surface area (Å²) in [6, 6.07) is 18.7. The van der Waals surface area contributed by atoms with Crippen molar-refractivity contribution in [1.82, 2.24) is 5.16 Å². The minimum Gasteiger partial charge on any atom is -0.493 e. The average Bonchev–Trinajstić information content (AvgIpc) is 3.52. The molecule has 0 bridgehead atoms. The minimum atomic E-state index is -0.502. The molecule has 0 N–H and O–H groups in total. The number of carbonyl (C=O) groups is 1. The fraction of sp³-hybridized carbons (Fsp3) is 0.276. The van der Waals surface area contributed by atoms with E-state index in [2.05, 4.69) is 24.2 Å². The van der Waals surface area contributed by atoms with Crippen LogP contribution < -0.4 is 4.74 Å². The molecule has 38 heavy (non-hydrogen) atoms. The summed E-state index contributed by atoms with van der Waals surface area (Å²) in [5, 5.41) is 9.89. The molecule has 0 saturated heterocycles. The fourth-order valence-electron chi connectivity index (χ4n) is 4.54. The molecule has 1 aromatic heterocycles. The van der Waals surface area contributed by atoms with E-state index in [4.69, 9.17) is 42.0 Å². The van der Waals surface area contributed by atoms with Gasteiger partial charge in [-0.25, -0.2) is 4.79 Å². The highest BCUT2D eigenvalue weighted by Gasteiger charge is 2.39. The normalized spacial score (nSPS) is 16.9. The van der Waals surface area contributed by atoms with Crippen molar-refractivity contribution in [2.24, 2.45) is 17.0 Å². The monoisotopic (exact) mass is 552 g/mol. The van der Waals surface area contributed by atoms with Crippen molar-refractivity contribution in [2.75, 3.05) is 13.2 Å². The summed E-state index contributed by atoms with van der Waals surface area (Å²) in [5.41, 5.74) is 3.94. The van der Waals surface area contributed by atoms with Gasteiger partial charge in [0.2, 0.25) is 0 Å². The summed E-state index contributed by atoms with van der Waals surface area (Å²) in [6.45, 7) is 6.54. The molecule has 2 atom stereocenters. The maximum atomic E-state index is 12.1. The van der Waals surface area contributed by atoms with Gasteiger partial charge in [0.05, 0.1) is 28.0 Å². The third-order valence-electron chi connectivity index (χ3n) is 6.45. The third-order valence-corrected chi connectivity index (χ3v) is 7.08. The third kappa shape index (κ3) is 5.08. The largest absolute Gasteiger partial charge is 0.493 e. The van der Waals surface area contributed by atoms with Crippen molar-refractivity contribution in [2.45, 2.75) is 26.9 Å².